The first-order valence-corrected chi connectivity index (χ1v) is 9.11. The number of para-hydroxylation sites is 1. The third-order valence-electron chi connectivity index (χ3n) is 4.47. The van der Waals surface area contributed by atoms with Gasteiger partial charge in [0.1, 0.15) is 22.7 Å². The molecule has 0 aliphatic carbocycles. The van der Waals surface area contributed by atoms with Crippen LogP contribution < -0.4 is 14.8 Å². The molecule has 5 nitrogen and oxygen atoms in total. The van der Waals surface area contributed by atoms with Crippen LogP contribution in [-0.4, -0.2) is 19.6 Å². The van der Waals surface area contributed by atoms with Gasteiger partial charge < -0.3 is 19.2 Å². The van der Waals surface area contributed by atoms with Crippen molar-refractivity contribution in [1.82, 2.24) is 0 Å². The van der Waals surface area contributed by atoms with Crippen LogP contribution in [0.5, 0.6) is 11.5 Å². The fourth-order valence-electron chi connectivity index (χ4n) is 3.06. The molecule has 0 aliphatic rings. The lowest BCUT2D eigenvalue weighted by molar-refractivity contribution is -0.118. The summed E-state index contributed by atoms with van der Waals surface area (Å²) in [5, 5.41) is 5.40. The van der Waals surface area contributed by atoms with Crippen molar-refractivity contribution >= 4 is 45.1 Å². The van der Waals surface area contributed by atoms with Crippen LogP contribution in [-0.2, 0) is 4.79 Å². The van der Waals surface area contributed by atoms with Gasteiger partial charge in [0.05, 0.1) is 12.8 Å². The van der Waals surface area contributed by atoms with Gasteiger partial charge in [0.15, 0.2) is 6.61 Å². The van der Waals surface area contributed by atoms with Crippen molar-refractivity contribution in [2.75, 3.05) is 19.0 Å². The first-order valence-electron chi connectivity index (χ1n) is 8.73. The van der Waals surface area contributed by atoms with Crippen LogP contribution in [0.4, 0.5) is 5.69 Å². The number of hydrogen-bond donors (Lipinski definition) is 1. The number of halogens is 1. The number of ether oxygens (including phenoxy) is 2. The summed E-state index contributed by atoms with van der Waals surface area (Å²) >= 11 is 6.00. The maximum atomic E-state index is 12.4. The van der Waals surface area contributed by atoms with E-state index in [1.807, 2.05) is 37.3 Å². The molecule has 1 amide bonds. The molecule has 0 bridgehead atoms. The standard InChI is InChI=1S/C22H18ClNO4/c1-13-9-14(7-8-17(13)23)27-12-22(25)24-18-11-20-16(10-21(18)26-2)15-5-3-4-6-19(15)28-20/h3-11H,12H2,1-2H3,(H,24,25). The highest BCUT2D eigenvalue weighted by Gasteiger charge is 2.14. The number of benzene rings is 3. The Balaban J connectivity index is 1.55. The number of rotatable bonds is 5. The normalized spacial score (nSPS) is 11.0. The maximum Gasteiger partial charge on any atom is 0.262 e. The Labute approximate surface area is 166 Å². The van der Waals surface area contributed by atoms with Gasteiger partial charge in [-0.2, -0.15) is 0 Å². The quantitative estimate of drug-likeness (QED) is 0.479. The minimum Gasteiger partial charge on any atom is -0.495 e. The molecule has 1 heterocycles. The van der Waals surface area contributed by atoms with E-state index in [2.05, 4.69) is 5.32 Å². The number of carbonyl (C=O) groups excluding carboxylic acids is 1. The van der Waals surface area contributed by atoms with E-state index in [-0.39, 0.29) is 12.5 Å². The van der Waals surface area contributed by atoms with E-state index in [1.165, 1.54) is 0 Å². The van der Waals surface area contributed by atoms with Crippen molar-refractivity contribution in [3.63, 3.8) is 0 Å². The van der Waals surface area contributed by atoms with Gasteiger partial charge in [-0.1, -0.05) is 29.8 Å². The van der Waals surface area contributed by atoms with Crippen LogP contribution in [0.15, 0.2) is 59.0 Å². The molecule has 4 rings (SSSR count). The molecular formula is C22H18ClNO4. The van der Waals surface area contributed by atoms with E-state index in [9.17, 15) is 4.79 Å². The largest absolute Gasteiger partial charge is 0.495 e. The molecule has 1 N–H and O–H groups in total. The highest BCUT2D eigenvalue weighted by Crippen LogP contribution is 2.36. The Hall–Kier alpha value is -3.18. The summed E-state index contributed by atoms with van der Waals surface area (Å²) in [4.78, 5) is 12.4. The molecule has 0 atom stereocenters. The average molecular weight is 396 g/mol. The topological polar surface area (TPSA) is 60.7 Å². The SMILES string of the molecule is COc1cc2c(cc1NC(=O)COc1ccc(Cl)c(C)c1)oc1ccccc12. The Kier molecular flexibility index (Phi) is 4.84. The molecule has 0 radical (unpaired) electrons. The minimum absolute atomic E-state index is 0.137. The summed E-state index contributed by atoms with van der Waals surface area (Å²) in [6.07, 6.45) is 0. The van der Waals surface area contributed by atoms with Crippen LogP contribution in [0, 0.1) is 6.92 Å². The van der Waals surface area contributed by atoms with E-state index >= 15 is 0 Å². The summed E-state index contributed by atoms with van der Waals surface area (Å²) in [5.74, 6) is 0.827. The maximum absolute atomic E-state index is 12.4. The number of anilines is 1. The summed E-state index contributed by atoms with van der Waals surface area (Å²) < 4.78 is 16.9. The zero-order valence-electron chi connectivity index (χ0n) is 15.4. The zero-order valence-corrected chi connectivity index (χ0v) is 16.2. The molecule has 3 aromatic carbocycles. The van der Waals surface area contributed by atoms with Gasteiger partial charge in [0.2, 0.25) is 0 Å². The molecule has 28 heavy (non-hydrogen) atoms. The second-order valence-electron chi connectivity index (χ2n) is 6.39. The highest BCUT2D eigenvalue weighted by atomic mass is 35.5. The van der Waals surface area contributed by atoms with Gasteiger partial charge in [-0.15, -0.1) is 0 Å². The van der Waals surface area contributed by atoms with Gasteiger partial charge in [-0.05, 0) is 42.8 Å². The van der Waals surface area contributed by atoms with Crippen LogP contribution >= 0.6 is 11.6 Å². The van der Waals surface area contributed by atoms with Crippen molar-refractivity contribution in [3.05, 3.63) is 65.2 Å². The third-order valence-corrected chi connectivity index (χ3v) is 4.90. The number of amides is 1. The lowest BCUT2D eigenvalue weighted by Gasteiger charge is -2.11. The third kappa shape index (κ3) is 3.49. The molecule has 4 aromatic rings. The fourth-order valence-corrected chi connectivity index (χ4v) is 3.18. The predicted molar refractivity (Wildman–Crippen MR) is 111 cm³/mol. The van der Waals surface area contributed by atoms with E-state index in [0.29, 0.717) is 27.8 Å². The minimum atomic E-state index is -0.304. The molecule has 6 heteroatoms. The molecule has 0 spiro atoms. The first kappa shape index (κ1) is 18.2. The second-order valence-corrected chi connectivity index (χ2v) is 6.80. The Bertz CT molecular complexity index is 1180. The number of hydrogen-bond acceptors (Lipinski definition) is 4. The molecule has 142 valence electrons. The number of furan rings is 1. The lowest BCUT2D eigenvalue weighted by Crippen LogP contribution is -2.20. The number of fused-ring (bicyclic) bond motifs is 3. The van der Waals surface area contributed by atoms with Crippen molar-refractivity contribution in [3.8, 4) is 11.5 Å². The van der Waals surface area contributed by atoms with Crippen molar-refractivity contribution < 1.29 is 18.7 Å². The molecule has 0 fully saturated rings. The van der Waals surface area contributed by atoms with Gasteiger partial charge in [0.25, 0.3) is 5.91 Å². The molecule has 1 aromatic heterocycles. The number of carbonyl (C=O) groups is 1. The van der Waals surface area contributed by atoms with Crippen LogP contribution in [0.1, 0.15) is 5.56 Å². The molecule has 0 saturated carbocycles. The predicted octanol–water partition coefficient (Wildman–Crippen LogP) is 5.57. The summed E-state index contributed by atoms with van der Waals surface area (Å²) in [5.41, 5.74) is 2.86. The van der Waals surface area contributed by atoms with Crippen LogP contribution in [0.3, 0.4) is 0 Å². The summed E-state index contributed by atoms with van der Waals surface area (Å²) in [7, 11) is 1.56. The Morgan fingerprint density at radius 2 is 1.89 bits per heavy atom. The zero-order chi connectivity index (χ0) is 19.7. The fraction of sp³-hybridized carbons (Fsp3) is 0.136. The summed E-state index contributed by atoms with van der Waals surface area (Å²) in [6.45, 7) is 1.74. The van der Waals surface area contributed by atoms with Crippen LogP contribution in [0.2, 0.25) is 5.02 Å². The highest BCUT2D eigenvalue weighted by molar-refractivity contribution is 6.31. The second kappa shape index (κ2) is 7.44. The molecule has 0 unspecified atom stereocenters. The monoisotopic (exact) mass is 395 g/mol. The molecular weight excluding hydrogens is 378 g/mol. The number of methoxy groups -OCH3 is 1. The van der Waals surface area contributed by atoms with E-state index in [1.54, 1.807) is 31.4 Å². The van der Waals surface area contributed by atoms with Gasteiger partial charge >= 0.3 is 0 Å². The van der Waals surface area contributed by atoms with E-state index in [4.69, 9.17) is 25.5 Å². The van der Waals surface area contributed by atoms with Crippen molar-refractivity contribution in [1.29, 1.82) is 0 Å². The first-order chi connectivity index (χ1) is 13.5. The van der Waals surface area contributed by atoms with Crippen molar-refractivity contribution in [2.45, 2.75) is 6.92 Å². The smallest absolute Gasteiger partial charge is 0.262 e. The number of aryl methyl sites for hydroxylation is 1. The van der Waals surface area contributed by atoms with E-state index < -0.39 is 0 Å². The van der Waals surface area contributed by atoms with Gasteiger partial charge in [-0.3, -0.25) is 4.79 Å². The van der Waals surface area contributed by atoms with Crippen LogP contribution in [0.25, 0.3) is 21.9 Å². The Morgan fingerprint density at radius 1 is 1.07 bits per heavy atom. The lowest BCUT2D eigenvalue weighted by atomic mass is 10.1. The molecule has 0 aliphatic heterocycles. The van der Waals surface area contributed by atoms with Gasteiger partial charge in [0, 0.05) is 21.9 Å². The van der Waals surface area contributed by atoms with E-state index in [0.717, 1.165) is 21.9 Å². The number of nitrogens with one attached hydrogen (secondary N) is 1. The summed E-state index contributed by atoms with van der Waals surface area (Å²) in [6, 6.07) is 16.6. The van der Waals surface area contributed by atoms with Crippen molar-refractivity contribution in [2.24, 2.45) is 0 Å². The average Bonchev–Trinajstić information content (AvgIpc) is 3.05. The Morgan fingerprint density at radius 3 is 2.68 bits per heavy atom. The molecule has 0 saturated heterocycles. The van der Waals surface area contributed by atoms with Gasteiger partial charge in [-0.25, -0.2) is 0 Å².